The van der Waals surface area contributed by atoms with Gasteiger partial charge in [-0.2, -0.15) is 5.10 Å². The summed E-state index contributed by atoms with van der Waals surface area (Å²) in [4.78, 5) is 22.9. The Morgan fingerprint density at radius 3 is 2.85 bits per heavy atom. The second-order valence-corrected chi connectivity index (χ2v) is 4.37. The third-order valence-electron chi connectivity index (χ3n) is 2.83. The zero-order chi connectivity index (χ0) is 14.7. The Kier molecular flexibility index (Phi) is 3.69. The number of benzene rings is 1. The molecule has 0 unspecified atom stereocenters. The molecule has 7 nitrogen and oxygen atoms in total. The predicted molar refractivity (Wildman–Crippen MR) is 75.0 cm³/mol. The van der Waals surface area contributed by atoms with Crippen LogP contribution in [0.5, 0.6) is 0 Å². The molecule has 0 saturated carbocycles. The molecule has 0 aliphatic carbocycles. The Labute approximate surface area is 115 Å². The molecule has 1 heterocycles. The summed E-state index contributed by atoms with van der Waals surface area (Å²) >= 11 is 0. The molecule has 0 atom stereocenters. The number of anilines is 2. The number of nitrogens with zero attached hydrogens (tertiary/aromatic N) is 2. The highest BCUT2D eigenvalue weighted by molar-refractivity contribution is 6.05. The molecular formula is C13H15N5O2. The van der Waals surface area contributed by atoms with Crippen LogP contribution in [-0.2, 0) is 11.3 Å². The molecule has 0 spiro atoms. The zero-order valence-electron chi connectivity index (χ0n) is 11.0. The Morgan fingerprint density at radius 1 is 1.40 bits per heavy atom. The van der Waals surface area contributed by atoms with Gasteiger partial charge in [-0.25, -0.2) is 0 Å². The van der Waals surface area contributed by atoms with E-state index in [1.54, 1.807) is 25.1 Å². The van der Waals surface area contributed by atoms with Crippen molar-refractivity contribution in [3.63, 3.8) is 0 Å². The van der Waals surface area contributed by atoms with Gasteiger partial charge in [0, 0.05) is 17.4 Å². The number of nitrogen functional groups attached to an aromatic ring is 1. The van der Waals surface area contributed by atoms with E-state index in [-0.39, 0.29) is 12.5 Å². The molecule has 1 aromatic carbocycles. The number of carbonyl (C=O) groups is 2. The van der Waals surface area contributed by atoms with E-state index in [2.05, 4.69) is 10.4 Å². The molecule has 0 aliphatic heterocycles. The number of aromatic nitrogens is 2. The first-order valence-corrected chi connectivity index (χ1v) is 5.94. The summed E-state index contributed by atoms with van der Waals surface area (Å²) in [7, 11) is 0. The maximum atomic E-state index is 12.1. The average Bonchev–Trinajstić information content (AvgIpc) is 2.79. The number of nitrogens with two attached hydrogens (primary N) is 2. The van der Waals surface area contributed by atoms with Gasteiger partial charge in [0.15, 0.2) is 0 Å². The fourth-order valence-electron chi connectivity index (χ4n) is 1.77. The summed E-state index contributed by atoms with van der Waals surface area (Å²) in [6.07, 6.45) is 2.98. The van der Waals surface area contributed by atoms with E-state index in [1.807, 2.05) is 0 Å². The van der Waals surface area contributed by atoms with Crippen LogP contribution in [0, 0.1) is 6.92 Å². The van der Waals surface area contributed by atoms with Crippen molar-refractivity contribution >= 4 is 23.2 Å². The first-order valence-electron chi connectivity index (χ1n) is 5.94. The van der Waals surface area contributed by atoms with Crippen LogP contribution in [0.3, 0.4) is 0 Å². The van der Waals surface area contributed by atoms with Gasteiger partial charge in [0.1, 0.15) is 6.54 Å². The Balaban J connectivity index is 2.13. The van der Waals surface area contributed by atoms with Gasteiger partial charge in [0.2, 0.25) is 5.91 Å². The van der Waals surface area contributed by atoms with Gasteiger partial charge >= 0.3 is 0 Å². The number of carbonyl (C=O) groups excluding carboxylic acids is 2. The number of hydrogen-bond donors (Lipinski definition) is 3. The molecule has 2 amide bonds. The Morgan fingerprint density at radius 2 is 2.15 bits per heavy atom. The fourth-order valence-corrected chi connectivity index (χ4v) is 1.77. The Bertz CT molecular complexity index is 663. The van der Waals surface area contributed by atoms with Gasteiger partial charge in [0.25, 0.3) is 5.91 Å². The maximum Gasteiger partial charge on any atom is 0.256 e. The van der Waals surface area contributed by atoms with Crippen molar-refractivity contribution < 1.29 is 9.59 Å². The van der Waals surface area contributed by atoms with Crippen LogP contribution >= 0.6 is 0 Å². The number of rotatable bonds is 4. The molecule has 0 bridgehead atoms. The third-order valence-corrected chi connectivity index (χ3v) is 2.83. The van der Waals surface area contributed by atoms with E-state index in [4.69, 9.17) is 11.5 Å². The van der Waals surface area contributed by atoms with E-state index in [1.165, 1.54) is 17.1 Å². The van der Waals surface area contributed by atoms with Crippen LogP contribution in [0.4, 0.5) is 11.4 Å². The molecule has 5 N–H and O–H groups in total. The minimum Gasteiger partial charge on any atom is -0.398 e. The molecular weight excluding hydrogens is 258 g/mol. The number of nitrogens with one attached hydrogen (secondary N) is 1. The lowest BCUT2D eigenvalue weighted by atomic mass is 10.1. The van der Waals surface area contributed by atoms with Crippen LogP contribution in [0.1, 0.15) is 15.9 Å². The molecule has 0 aliphatic rings. The van der Waals surface area contributed by atoms with Crippen molar-refractivity contribution in [2.45, 2.75) is 13.5 Å². The third kappa shape index (κ3) is 2.94. The van der Waals surface area contributed by atoms with Crippen LogP contribution in [0.2, 0.25) is 0 Å². The van der Waals surface area contributed by atoms with Crippen LogP contribution in [-0.4, -0.2) is 21.6 Å². The molecule has 1 aromatic heterocycles. The summed E-state index contributed by atoms with van der Waals surface area (Å²) in [5.74, 6) is -0.786. The summed E-state index contributed by atoms with van der Waals surface area (Å²) in [6.45, 7) is 1.74. The first-order chi connectivity index (χ1) is 9.47. The predicted octanol–water partition coefficient (Wildman–Crippen LogP) is 0.511. The van der Waals surface area contributed by atoms with Gasteiger partial charge in [-0.3, -0.25) is 14.3 Å². The van der Waals surface area contributed by atoms with E-state index >= 15 is 0 Å². The topological polar surface area (TPSA) is 116 Å². The van der Waals surface area contributed by atoms with Crippen molar-refractivity contribution in [1.29, 1.82) is 0 Å². The van der Waals surface area contributed by atoms with E-state index < -0.39 is 5.91 Å². The molecule has 0 radical (unpaired) electrons. The van der Waals surface area contributed by atoms with Crippen molar-refractivity contribution in [2.75, 3.05) is 11.1 Å². The van der Waals surface area contributed by atoms with Crippen LogP contribution in [0.25, 0.3) is 0 Å². The maximum absolute atomic E-state index is 12.1. The lowest BCUT2D eigenvalue weighted by Gasteiger charge is -2.07. The molecule has 0 fully saturated rings. The van der Waals surface area contributed by atoms with Gasteiger partial charge in [0.05, 0.1) is 11.9 Å². The summed E-state index contributed by atoms with van der Waals surface area (Å²) in [5.41, 5.74) is 13.1. The SMILES string of the molecule is Cc1c(N)cccc1C(=O)Nc1cnn(CC(N)=O)c1. The second-order valence-electron chi connectivity index (χ2n) is 4.37. The largest absolute Gasteiger partial charge is 0.398 e. The molecule has 2 rings (SSSR count). The van der Waals surface area contributed by atoms with E-state index in [0.29, 0.717) is 16.9 Å². The van der Waals surface area contributed by atoms with E-state index in [9.17, 15) is 9.59 Å². The van der Waals surface area contributed by atoms with Crippen molar-refractivity contribution in [3.05, 3.63) is 41.7 Å². The number of amides is 2. The van der Waals surface area contributed by atoms with E-state index in [0.717, 1.165) is 5.56 Å². The zero-order valence-corrected chi connectivity index (χ0v) is 11.0. The molecule has 2 aromatic rings. The van der Waals surface area contributed by atoms with Gasteiger partial charge in [-0.1, -0.05) is 6.07 Å². The molecule has 20 heavy (non-hydrogen) atoms. The van der Waals surface area contributed by atoms with Gasteiger partial charge < -0.3 is 16.8 Å². The first kappa shape index (κ1) is 13.6. The molecule has 7 heteroatoms. The molecule has 104 valence electrons. The normalized spacial score (nSPS) is 10.2. The van der Waals surface area contributed by atoms with Crippen molar-refractivity contribution in [1.82, 2.24) is 9.78 Å². The summed E-state index contributed by atoms with van der Waals surface area (Å²) in [6, 6.07) is 5.14. The quantitative estimate of drug-likeness (QED) is 0.704. The standard InChI is InChI=1S/C13H15N5O2/c1-8-10(3-2-4-11(8)14)13(20)17-9-5-16-18(6-9)7-12(15)19/h2-6H,7,14H2,1H3,(H2,15,19)(H,17,20). The summed E-state index contributed by atoms with van der Waals surface area (Å²) in [5, 5.41) is 6.61. The minimum absolute atomic E-state index is 0.0345. The highest BCUT2D eigenvalue weighted by Gasteiger charge is 2.11. The van der Waals surface area contributed by atoms with Crippen molar-refractivity contribution in [3.8, 4) is 0 Å². The van der Waals surface area contributed by atoms with Crippen LogP contribution < -0.4 is 16.8 Å². The average molecular weight is 273 g/mol. The number of primary amides is 1. The fraction of sp³-hybridized carbons (Fsp3) is 0.154. The number of hydrogen-bond acceptors (Lipinski definition) is 4. The lowest BCUT2D eigenvalue weighted by molar-refractivity contribution is -0.118. The highest BCUT2D eigenvalue weighted by atomic mass is 16.2. The monoisotopic (exact) mass is 273 g/mol. The van der Waals surface area contributed by atoms with Crippen molar-refractivity contribution in [2.24, 2.45) is 5.73 Å². The smallest absolute Gasteiger partial charge is 0.256 e. The lowest BCUT2D eigenvalue weighted by Crippen LogP contribution is -2.18. The van der Waals surface area contributed by atoms with Gasteiger partial charge in [-0.05, 0) is 24.6 Å². The minimum atomic E-state index is -0.502. The Hall–Kier alpha value is -2.83. The second kappa shape index (κ2) is 5.43. The van der Waals surface area contributed by atoms with Crippen LogP contribution in [0.15, 0.2) is 30.6 Å². The molecule has 0 saturated heterocycles. The summed E-state index contributed by atoms with van der Waals surface area (Å²) < 4.78 is 1.35. The van der Waals surface area contributed by atoms with Gasteiger partial charge in [-0.15, -0.1) is 0 Å². The highest BCUT2D eigenvalue weighted by Crippen LogP contribution is 2.17.